The highest BCUT2D eigenvalue weighted by molar-refractivity contribution is 7.15. The van der Waals surface area contributed by atoms with E-state index in [0.29, 0.717) is 22.9 Å². The molecule has 7 heteroatoms. The fraction of sp³-hybridized carbons (Fsp3) is 0.211. The maximum absolute atomic E-state index is 12.7. The van der Waals surface area contributed by atoms with Crippen LogP contribution < -0.4 is 4.74 Å². The van der Waals surface area contributed by atoms with Crippen LogP contribution in [0.3, 0.4) is 0 Å². The van der Waals surface area contributed by atoms with Crippen molar-refractivity contribution in [1.82, 2.24) is 4.98 Å². The zero-order valence-electron chi connectivity index (χ0n) is 13.8. The number of thiazole rings is 1. The molecule has 136 valence electrons. The van der Waals surface area contributed by atoms with Gasteiger partial charge in [-0.25, -0.2) is 4.98 Å². The SMILES string of the molecule is COc1ccc(Cc2nc(-c3ccc(C(F)(F)F)cc3)sc2CCl)cc1. The Balaban J connectivity index is 1.86. The number of aromatic nitrogens is 1. The van der Waals surface area contributed by atoms with Gasteiger partial charge in [0.05, 0.1) is 24.2 Å². The first-order valence-corrected chi connectivity index (χ1v) is 9.11. The molecule has 0 saturated carbocycles. The van der Waals surface area contributed by atoms with E-state index in [0.717, 1.165) is 34.0 Å². The van der Waals surface area contributed by atoms with Crippen molar-refractivity contribution in [2.24, 2.45) is 0 Å². The number of benzene rings is 2. The molecule has 0 amide bonds. The predicted octanol–water partition coefficient (Wildman–Crippen LogP) is 6.17. The van der Waals surface area contributed by atoms with Crippen molar-refractivity contribution in [3.8, 4) is 16.3 Å². The number of hydrogen-bond acceptors (Lipinski definition) is 3. The highest BCUT2D eigenvalue weighted by Gasteiger charge is 2.30. The molecule has 0 bridgehead atoms. The van der Waals surface area contributed by atoms with Gasteiger partial charge in [0.1, 0.15) is 10.8 Å². The first kappa shape index (κ1) is 18.7. The van der Waals surface area contributed by atoms with E-state index >= 15 is 0 Å². The van der Waals surface area contributed by atoms with Crippen molar-refractivity contribution in [2.75, 3.05) is 7.11 Å². The molecule has 0 fully saturated rings. The van der Waals surface area contributed by atoms with Crippen LogP contribution >= 0.6 is 22.9 Å². The van der Waals surface area contributed by atoms with Crippen LogP contribution in [-0.2, 0) is 18.5 Å². The Morgan fingerprint density at radius 2 is 1.69 bits per heavy atom. The summed E-state index contributed by atoms with van der Waals surface area (Å²) in [6.45, 7) is 0. The summed E-state index contributed by atoms with van der Waals surface area (Å²) in [5.41, 5.74) is 1.87. The molecule has 0 aliphatic heterocycles. The summed E-state index contributed by atoms with van der Waals surface area (Å²) in [5.74, 6) is 1.08. The standard InChI is InChI=1S/C19H15ClF3NOS/c1-25-15-8-2-12(3-9-15)10-16-17(11-20)26-18(24-16)13-4-6-14(7-5-13)19(21,22)23/h2-9H,10-11H2,1H3. The van der Waals surface area contributed by atoms with Gasteiger partial charge in [0.15, 0.2) is 0 Å². The Kier molecular flexibility index (Phi) is 5.53. The fourth-order valence-corrected chi connectivity index (χ4v) is 3.74. The van der Waals surface area contributed by atoms with E-state index in [1.54, 1.807) is 7.11 Å². The van der Waals surface area contributed by atoms with Gasteiger partial charge in [0, 0.05) is 16.9 Å². The zero-order valence-corrected chi connectivity index (χ0v) is 15.4. The second kappa shape index (κ2) is 7.68. The van der Waals surface area contributed by atoms with Crippen molar-refractivity contribution >= 4 is 22.9 Å². The molecule has 0 saturated heterocycles. The molecule has 26 heavy (non-hydrogen) atoms. The summed E-state index contributed by atoms with van der Waals surface area (Å²) in [6.07, 6.45) is -3.74. The van der Waals surface area contributed by atoms with E-state index < -0.39 is 11.7 Å². The topological polar surface area (TPSA) is 22.1 Å². The van der Waals surface area contributed by atoms with Crippen molar-refractivity contribution in [2.45, 2.75) is 18.5 Å². The van der Waals surface area contributed by atoms with Crippen LogP contribution in [0.15, 0.2) is 48.5 Å². The highest BCUT2D eigenvalue weighted by atomic mass is 35.5. The Bertz CT molecular complexity index is 873. The van der Waals surface area contributed by atoms with Gasteiger partial charge in [-0.2, -0.15) is 13.2 Å². The van der Waals surface area contributed by atoms with Gasteiger partial charge in [-0.05, 0) is 29.8 Å². The number of nitrogens with zero attached hydrogens (tertiary/aromatic N) is 1. The third kappa shape index (κ3) is 4.19. The molecule has 0 atom stereocenters. The van der Waals surface area contributed by atoms with Gasteiger partial charge in [0.25, 0.3) is 0 Å². The van der Waals surface area contributed by atoms with Gasteiger partial charge >= 0.3 is 6.18 Å². The van der Waals surface area contributed by atoms with Crippen molar-refractivity contribution in [3.05, 3.63) is 70.2 Å². The molecule has 2 nitrogen and oxygen atoms in total. The number of halogens is 4. The first-order valence-electron chi connectivity index (χ1n) is 7.76. The van der Waals surface area contributed by atoms with Crippen molar-refractivity contribution < 1.29 is 17.9 Å². The van der Waals surface area contributed by atoms with Gasteiger partial charge in [-0.3, -0.25) is 0 Å². The normalized spacial score (nSPS) is 11.6. The van der Waals surface area contributed by atoms with Gasteiger partial charge in [-0.1, -0.05) is 24.3 Å². The lowest BCUT2D eigenvalue weighted by Crippen LogP contribution is -2.03. The summed E-state index contributed by atoms with van der Waals surface area (Å²) in [4.78, 5) is 5.52. The predicted molar refractivity (Wildman–Crippen MR) is 97.9 cm³/mol. The zero-order chi connectivity index (χ0) is 18.7. The van der Waals surface area contributed by atoms with Crippen LogP contribution in [0.4, 0.5) is 13.2 Å². The second-order valence-electron chi connectivity index (χ2n) is 5.62. The summed E-state index contributed by atoms with van der Waals surface area (Å²) >= 11 is 7.44. The molecule has 2 aromatic carbocycles. The minimum atomic E-state index is -4.35. The molecule has 0 aliphatic carbocycles. The van der Waals surface area contributed by atoms with E-state index in [9.17, 15) is 13.2 Å². The molecule has 1 aromatic heterocycles. The van der Waals surface area contributed by atoms with E-state index in [4.69, 9.17) is 16.3 Å². The molecule has 0 aliphatic rings. The third-order valence-electron chi connectivity index (χ3n) is 3.89. The summed E-state index contributed by atoms with van der Waals surface area (Å²) < 4.78 is 43.3. The maximum atomic E-state index is 12.7. The Labute approximate surface area is 158 Å². The lowest BCUT2D eigenvalue weighted by Gasteiger charge is -2.06. The van der Waals surface area contributed by atoms with E-state index in [-0.39, 0.29) is 0 Å². The lowest BCUT2D eigenvalue weighted by molar-refractivity contribution is -0.137. The summed E-state index contributed by atoms with van der Waals surface area (Å²) in [7, 11) is 1.61. The number of hydrogen-bond donors (Lipinski definition) is 0. The lowest BCUT2D eigenvalue weighted by atomic mass is 10.1. The molecular weight excluding hydrogens is 383 g/mol. The molecule has 0 radical (unpaired) electrons. The van der Waals surface area contributed by atoms with Gasteiger partial charge in [-0.15, -0.1) is 22.9 Å². The first-order chi connectivity index (χ1) is 12.4. The highest BCUT2D eigenvalue weighted by Crippen LogP contribution is 2.34. The maximum Gasteiger partial charge on any atom is 0.416 e. The van der Waals surface area contributed by atoms with Crippen LogP contribution in [0.1, 0.15) is 21.7 Å². The quantitative estimate of drug-likeness (QED) is 0.480. The Morgan fingerprint density at radius 1 is 1.04 bits per heavy atom. The molecular formula is C19H15ClF3NOS. The number of methoxy groups -OCH3 is 1. The average molecular weight is 398 g/mol. The third-order valence-corrected chi connectivity index (χ3v) is 5.46. The van der Waals surface area contributed by atoms with Crippen LogP contribution in [-0.4, -0.2) is 12.1 Å². The number of ether oxygens (including phenoxy) is 1. The number of rotatable bonds is 5. The molecule has 1 heterocycles. The molecule has 0 N–H and O–H groups in total. The molecule has 3 aromatic rings. The summed E-state index contributed by atoms with van der Waals surface area (Å²) in [5, 5.41) is 0.665. The van der Waals surface area contributed by atoms with Crippen LogP contribution in [0, 0.1) is 0 Å². The molecule has 3 rings (SSSR count). The van der Waals surface area contributed by atoms with Gasteiger partial charge in [0.2, 0.25) is 0 Å². The van der Waals surface area contributed by atoms with Crippen LogP contribution in [0.5, 0.6) is 5.75 Å². The van der Waals surface area contributed by atoms with Crippen LogP contribution in [0.25, 0.3) is 10.6 Å². The van der Waals surface area contributed by atoms with E-state index in [1.165, 1.54) is 23.5 Å². The fourth-order valence-electron chi connectivity index (χ4n) is 2.49. The smallest absolute Gasteiger partial charge is 0.416 e. The monoisotopic (exact) mass is 397 g/mol. The Morgan fingerprint density at radius 3 is 2.23 bits per heavy atom. The molecule has 0 unspecified atom stereocenters. The second-order valence-corrected chi connectivity index (χ2v) is 6.97. The average Bonchev–Trinajstić information content (AvgIpc) is 3.04. The Hall–Kier alpha value is -2.05. The largest absolute Gasteiger partial charge is 0.497 e. The van der Waals surface area contributed by atoms with Crippen molar-refractivity contribution in [1.29, 1.82) is 0 Å². The van der Waals surface area contributed by atoms with Crippen LogP contribution in [0.2, 0.25) is 0 Å². The summed E-state index contributed by atoms with van der Waals surface area (Å²) in [6, 6.07) is 12.7. The van der Waals surface area contributed by atoms with Gasteiger partial charge < -0.3 is 4.74 Å². The number of alkyl halides is 4. The van der Waals surface area contributed by atoms with E-state index in [1.807, 2.05) is 24.3 Å². The molecule has 0 spiro atoms. The minimum absolute atomic E-state index is 0.309. The van der Waals surface area contributed by atoms with E-state index in [2.05, 4.69) is 4.98 Å². The van der Waals surface area contributed by atoms with Crippen molar-refractivity contribution in [3.63, 3.8) is 0 Å². The minimum Gasteiger partial charge on any atom is -0.497 e.